The van der Waals surface area contributed by atoms with Crippen molar-refractivity contribution in [2.24, 2.45) is 0 Å². The van der Waals surface area contributed by atoms with Crippen LogP contribution in [-0.4, -0.2) is 32.2 Å². The molecule has 0 fully saturated rings. The molecule has 0 aliphatic heterocycles. The van der Waals surface area contributed by atoms with Crippen LogP contribution in [0.1, 0.15) is 5.76 Å². The third-order valence-electron chi connectivity index (χ3n) is 2.92. The Labute approximate surface area is 129 Å². The van der Waals surface area contributed by atoms with Gasteiger partial charge in [-0.25, -0.2) is 4.79 Å². The molecule has 0 radical (unpaired) electrons. The van der Waals surface area contributed by atoms with Gasteiger partial charge < -0.3 is 9.73 Å². The minimum absolute atomic E-state index is 0.164. The summed E-state index contributed by atoms with van der Waals surface area (Å²) in [6.45, 7) is 0.266. The van der Waals surface area contributed by atoms with Crippen molar-refractivity contribution in [3.63, 3.8) is 0 Å². The first-order valence-corrected chi connectivity index (χ1v) is 7.48. The minimum Gasteiger partial charge on any atom is -0.469 e. The Balaban J connectivity index is 1.57. The maximum atomic E-state index is 12.1. The lowest BCUT2D eigenvalue weighted by Crippen LogP contribution is -2.34. The molecule has 0 aliphatic carbocycles. The number of nitrogens with one attached hydrogen (secondary N) is 1. The molecule has 3 heterocycles. The maximum absolute atomic E-state index is 12.1. The summed E-state index contributed by atoms with van der Waals surface area (Å²) in [7, 11) is 0. The van der Waals surface area contributed by atoms with Crippen molar-refractivity contribution in [1.82, 2.24) is 25.1 Å². The lowest BCUT2D eigenvalue weighted by Gasteiger charge is -2.02. The summed E-state index contributed by atoms with van der Waals surface area (Å²) in [5.74, 6) is 0.494. The van der Waals surface area contributed by atoms with Crippen LogP contribution in [0.4, 0.5) is 0 Å². The lowest BCUT2D eigenvalue weighted by atomic mass is 10.3. The molecule has 3 aromatic rings. The molecular weight excluding hydrogens is 306 g/mol. The molecule has 0 spiro atoms. The second kappa shape index (κ2) is 6.39. The van der Waals surface area contributed by atoms with E-state index in [9.17, 15) is 9.59 Å². The molecule has 1 N–H and O–H groups in total. The molecule has 0 saturated heterocycles. The average molecular weight is 319 g/mol. The predicted molar refractivity (Wildman–Crippen MR) is 78.9 cm³/mol. The molecule has 0 aliphatic rings. The molecule has 8 nitrogen and oxygen atoms in total. The van der Waals surface area contributed by atoms with E-state index in [-0.39, 0.29) is 12.5 Å². The number of tetrazole rings is 1. The molecule has 3 aromatic heterocycles. The molecule has 0 aromatic carbocycles. The molecule has 0 saturated carbocycles. The minimum atomic E-state index is -0.441. The Kier molecular flexibility index (Phi) is 4.15. The Bertz CT molecular complexity index is 788. The largest absolute Gasteiger partial charge is 0.469 e. The Morgan fingerprint density at radius 3 is 2.95 bits per heavy atom. The normalized spacial score (nSPS) is 10.7. The van der Waals surface area contributed by atoms with Crippen LogP contribution in [0, 0.1) is 0 Å². The van der Waals surface area contributed by atoms with Crippen LogP contribution in [0.5, 0.6) is 0 Å². The van der Waals surface area contributed by atoms with Crippen molar-refractivity contribution in [3.8, 4) is 5.00 Å². The highest BCUT2D eigenvalue weighted by Crippen LogP contribution is 2.10. The number of thiophene rings is 1. The Morgan fingerprint density at radius 2 is 2.23 bits per heavy atom. The second-order valence-corrected chi connectivity index (χ2v) is 5.39. The standard InChI is InChI=1S/C13H13N5O3S/c19-11(14-6-5-10-3-1-7-21-10)9-17-13(20)18(16-15-17)12-4-2-8-22-12/h1-4,7-8H,5-6,9H2,(H,14,19). The van der Waals surface area contributed by atoms with E-state index in [1.165, 1.54) is 16.0 Å². The molecule has 9 heteroatoms. The zero-order chi connectivity index (χ0) is 15.4. The van der Waals surface area contributed by atoms with E-state index < -0.39 is 5.69 Å². The van der Waals surface area contributed by atoms with Gasteiger partial charge in [-0.2, -0.15) is 9.36 Å². The van der Waals surface area contributed by atoms with Gasteiger partial charge in [0.25, 0.3) is 0 Å². The first-order chi connectivity index (χ1) is 10.7. The van der Waals surface area contributed by atoms with Crippen LogP contribution in [0.3, 0.4) is 0 Å². The zero-order valence-corrected chi connectivity index (χ0v) is 12.3. The van der Waals surface area contributed by atoms with Crippen molar-refractivity contribution >= 4 is 17.2 Å². The van der Waals surface area contributed by atoms with Crippen LogP contribution >= 0.6 is 11.3 Å². The van der Waals surface area contributed by atoms with Gasteiger partial charge in [-0.05, 0) is 40.1 Å². The van der Waals surface area contributed by atoms with E-state index >= 15 is 0 Å². The number of nitrogens with zero attached hydrogens (tertiary/aromatic N) is 4. The molecule has 22 heavy (non-hydrogen) atoms. The van der Waals surface area contributed by atoms with E-state index in [1.807, 2.05) is 17.5 Å². The van der Waals surface area contributed by atoms with Gasteiger partial charge >= 0.3 is 5.69 Å². The van der Waals surface area contributed by atoms with Crippen molar-refractivity contribution in [2.45, 2.75) is 13.0 Å². The number of hydrogen-bond acceptors (Lipinski definition) is 6. The van der Waals surface area contributed by atoms with Crippen LogP contribution in [0.25, 0.3) is 5.00 Å². The number of carbonyl (C=O) groups excluding carboxylic acids is 1. The topological polar surface area (TPSA) is 95.0 Å². The van der Waals surface area contributed by atoms with Crippen LogP contribution in [-0.2, 0) is 17.8 Å². The van der Waals surface area contributed by atoms with Gasteiger partial charge in [0, 0.05) is 13.0 Å². The first-order valence-electron chi connectivity index (χ1n) is 6.60. The molecule has 1 amide bonds. The van der Waals surface area contributed by atoms with Crippen molar-refractivity contribution < 1.29 is 9.21 Å². The molecule has 0 unspecified atom stereocenters. The fourth-order valence-electron chi connectivity index (χ4n) is 1.87. The summed E-state index contributed by atoms with van der Waals surface area (Å²) >= 11 is 1.37. The monoisotopic (exact) mass is 319 g/mol. The Morgan fingerprint density at radius 1 is 1.32 bits per heavy atom. The van der Waals surface area contributed by atoms with Crippen LogP contribution < -0.4 is 11.0 Å². The third-order valence-corrected chi connectivity index (χ3v) is 3.77. The maximum Gasteiger partial charge on any atom is 0.369 e. The van der Waals surface area contributed by atoms with Crippen molar-refractivity contribution in [3.05, 3.63) is 52.2 Å². The summed E-state index contributed by atoms with van der Waals surface area (Å²) < 4.78 is 7.36. The van der Waals surface area contributed by atoms with Crippen molar-refractivity contribution in [2.75, 3.05) is 6.54 Å². The van der Waals surface area contributed by atoms with Crippen LogP contribution in [0.2, 0.25) is 0 Å². The molecular formula is C13H13N5O3S. The van der Waals surface area contributed by atoms with Gasteiger partial charge in [0.2, 0.25) is 5.91 Å². The fourth-order valence-corrected chi connectivity index (χ4v) is 2.54. The number of rotatable bonds is 6. The summed E-state index contributed by atoms with van der Waals surface area (Å²) in [5.41, 5.74) is -0.441. The van der Waals surface area contributed by atoms with Gasteiger partial charge in [0.05, 0.1) is 6.26 Å². The number of furan rings is 1. The predicted octanol–water partition coefficient (Wildman–Crippen LogP) is 0.442. The summed E-state index contributed by atoms with van der Waals surface area (Å²) in [5, 5.41) is 12.7. The molecule has 0 bridgehead atoms. The fraction of sp³-hybridized carbons (Fsp3) is 0.231. The summed E-state index contributed by atoms with van der Waals surface area (Å²) in [6, 6.07) is 7.20. The Hall–Kier alpha value is -2.68. The highest BCUT2D eigenvalue weighted by molar-refractivity contribution is 7.12. The molecule has 0 atom stereocenters. The third kappa shape index (κ3) is 3.14. The molecule has 3 rings (SSSR count). The van der Waals surface area contributed by atoms with E-state index in [1.54, 1.807) is 18.4 Å². The summed E-state index contributed by atoms with van der Waals surface area (Å²) in [4.78, 5) is 23.9. The van der Waals surface area contributed by atoms with Gasteiger partial charge in [0.15, 0.2) is 0 Å². The van der Waals surface area contributed by atoms with E-state index in [2.05, 4.69) is 15.7 Å². The van der Waals surface area contributed by atoms with E-state index in [0.29, 0.717) is 18.0 Å². The number of aromatic nitrogens is 4. The summed E-state index contributed by atoms with van der Waals surface area (Å²) in [6.07, 6.45) is 2.18. The highest BCUT2D eigenvalue weighted by atomic mass is 32.1. The zero-order valence-electron chi connectivity index (χ0n) is 11.5. The number of carbonyl (C=O) groups is 1. The first kappa shape index (κ1) is 14.3. The lowest BCUT2D eigenvalue weighted by molar-refractivity contribution is -0.121. The quantitative estimate of drug-likeness (QED) is 0.711. The average Bonchev–Trinajstić information content (AvgIpc) is 3.22. The number of amides is 1. The van der Waals surface area contributed by atoms with E-state index in [0.717, 1.165) is 10.4 Å². The smallest absolute Gasteiger partial charge is 0.369 e. The van der Waals surface area contributed by atoms with Crippen LogP contribution in [0.15, 0.2) is 45.1 Å². The molecule has 114 valence electrons. The van der Waals surface area contributed by atoms with Gasteiger partial charge in [-0.1, -0.05) is 0 Å². The van der Waals surface area contributed by atoms with Crippen molar-refractivity contribution in [1.29, 1.82) is 0 Å². The highest BCUT2D eigenvalue weighted by Gasteiger charge is 2.12. The SMILES string of the molecule is O=C(Cn1nnn(-c2cccs2)c1=O)NCCc1ccco1. The van der Waals surface area contributed by atoms with Gasteiger partial charge in [-0.3, -0.25) is 4.79 Å². The second-order valence-electron chi connectivity index (χ2n) is 4.46. The van der Waals surface area contributed by atoms with Gasteiger partial charge in [0.1, 0.15) is 17.3 Å². The van der Waals surface area contributed by atoms with Gasteiger partial charge in [-0.15, -0.1) is 11.3 Å². The number of hydrogen-bond donors (Lipinski definition) is 1. The van der Waals surface area contributed by atoms with E-state index in [4.69, 9.17) is 4.42 Å².